The molecule has 4 rings (SSSR count). The van der Waals surface area contributed by atoms with Gasteiger partial charge in [-0.15, -0.1) is 0 Å². The summed E-state index contributed by atoms with van der Waals surface area (Å²) in [5.41, 5.74) is 0.946. The van der Waals surface area contributed by atoms with Crippen LogP contribution in [0.5, 0.6) is 5.75 Å². The molecule has 32 heavy (non-hydrogen) atoms. The van der Waals surface area contributed by atoms with Crippen molar-refractivity contribution in [2.75, 3.05) is 12.4 Å². The lowest BCUT2D eigenvalue weighted by molar-refractivity contribution is 0.171. The number of rotatable bonds is 7. The van der Waals surface area contributed by atoms with Gasteiger partial charge in [0.15, 0.2) is 11.2 Å². The number of aliphatic hydroxyl groups is 1. The van der Waals surface area contributed by atoms with E-state index in [0.717, 1.165) is 35.1 Å². The largest absolute Gasteiger partial charge is 0.497 e. The fraction of sp³-hybridized carbons (Fsp3) is 0.522. The molecule has 2 N–H and O–H groups in total. The molecule has 0 aliphatic heterocycles. The van der Waals surface area contributed by atoms with Crippen LogP contribution in [0.3, 0.4) is 0 Å². The number of nitrogens with one attached hydrogen (secondary N) is 1. The van der Waals surface area contributed by atoms with E-state index in [-0.39, 0.29) is 23.2 Å². The summed E-state index contributed by atoms with van der Waals surface area (Å²) in [6.07, 6.45) is 2.02. The highest BCUT2D eigenvalue weighted by atomic mass is 16.5. The Morgan fingerprint density at radius 2 is 1.91 bits per heavy atom. The Hall–Kier alpha value is -3.07. The molecule has 3 aromatic rings. The Kier molecular flexibility index (Phi) is 6.10. The van der Waals surface area contributed by atoms with E-state index < -0.39 is 6.10 Å². The van der Waals surface area contributed by atoms with Crippen molar-refractivity contribution in [1.29, 1.82) is 0 Å². The average molecular weight is 442 g/mol. The molecular formula is C23H31N5O4. The molecule has 1 aliphatic rings. The Bertz CT molecular complexity index is 1220. The predicted octanol–water partition coefficient (Wildman–Crippen LogP) is 1.93. The van der Waals surface area contributed by atoms with E-state index in [9.17, 15) is 14.7 Å². The fourth-order valence-electron chi connectivity index (χ4n) is 4.34. The van der Waals surface area contributed by atoms with Gasteiger partial charge >= 0.3 is 5.69 Å². The van der Waals surface area contributed by atoms with E-state index in [1.807, 2.05) is 42.7 Å². The Labute approximate surface area is 186 Å². The summed E-state index contributed by atoms with van der Waals surface area (Å²) >= 11 is 0. The summed E-state index contributed by atoms with van der Waals surface area (Å²) in [6, 6.07) is 7.47. The smallest absolute Gasteiger partial charge is 0.332 e. The molecule has 0 spiro atoms. The van der Waals surface area contributed by atoms with Gasteiger partial charge in [0.25, 0.3) is 5.56 Å². The van der Waals surface area contributed by atoms with Crippen molar-refractivity contribution < 1.29 is 9.84 Å². The molecule has 0 bridgehead atoms. The van der Waals surface area contributed by atoms with Crippen molar-refractivity contribution in [3.63, 3.8) is 0 Å². The summed E-state index contributed by atoms with van der Waals surface area (Å²) in [6.45, 7) is 4.88. The number of aliphatic hydroxyl groups excluding tert-OH is 1. The van der Waals surface area contributed by atoms with Crippen molar-refractivity contribution in [3.8, 4) is 5.75 Å². The molecule has 1 aromatic carbocycles. The predicted molar refractivity (Wildman–Crippen MR) is 123 cm³/mol. The maximum Gasteiger partial charge on any atom is 0.332 e. The quantitative estimate of drug-likeness (QED) is 0.581. The third-order valence-electron chi connectivity index (χ3n) is 6.07. The molecule has 2 heterocycles. The third-order valence-corrected chi connectivity index (χ3v) is 6.07. The highest BCUT2D eigenvalue weighted by molar-refractivity contribution is 5.74. The van der Waals surface area contributed by atoms with E-state index in [1.54, 1.807) is 11.7 Å². The zero-order chi connectivity index (χ0) is 23.0. The van der Waals surface area contributed by atoms with Crippen LogP contribution in [0.15, 0.2) is 33.9 Å². The first-order chi connectivity index (χ1) is 15.3. The van der Waals surface area contributed by atoms with Crippen LogP contribution in [0.4, 0.5) is 5.95 Å². The lowest BCUT2D eigenvalue weighted by Gasteiger charge is -2.18. The van der Waals surface area contributed by atoms with Gasteiger partial charge in [-0.05, 0) is 42.9 Å². The first-order valence-corrected chi connectivity index (χ1v) is 11.1. The summed E-state index contributed by atoms with van der Waals surface area (Å²) in [4.78, 5) is 30.8. The highest BCUT2D eigenvalue weighted by Crippen LogP contribution is 2.26. The van der Waals surface area contributed by atoms with E-state index >= 15 is 0 Å². The van der Waals surface area contributed by atoms with Gasteiger partial charge in [-0.3, -0.25) is 18.5 Å². The van der Waals surface area contributed by atoms with E-state index in [1.165, 1.54) is 7.05 Å². The van der Waals surface area contributed by atoms with Crippen molar-refractivity contribution in [2.24, 2.45) is 13.0 Å². The van der Waals surface area contributed by atoms with Crippen molar-refractivity contribution in [1.82, 2.24) is 18.7 Å². The third kappa shape index (κ3) is 4.04. The number of ether oxygens (including phenoxy) is 1. The zero-order valence-corrected chi connectivity index (χ0v) is 19.0. The molecule has 1 unspecified atom stereocenters. The van der Waals surface area contributed by atoms with Crippen LogP contribution >= 0.6 is 0 Å². The zero-order valence-electron chi connectivity index (χ0n) is 19.0. The molecule has 9 heteroatoms. The van der Waals surface area contributed by atoms with E-state index in [0.29, 0.717) is 30.2 Å². The number of imidazole rings is 1. The average Bonchev–Trinajstić information content (AvgIpc) is 3.34. The van der Waals surface area contributed by atoms with Crippen molar-refractivity contribution in [3.05, 3.63) is 50.7 Å². The Morgan fingerprint density at radius 1 is 1.19 bits per heavy atom. The van der Waals surface area contributed by atoms with Crippen LogP contribution in [0.25, 0.3) is 11.2 Å². The molecule has 2 atom stereocenters. The molecule has 0 amide bonds. The van der Waals surface area contributed by atoms with Gasteiger partial charge in [-0.1, -0.05) is 26.0 Å². The van der Waals surface area contributed by atoms with Crippen LogP contribution < -0.4 is 21.3 Å². The Balaban J connectivity index is 1.90. The second kappa shape index (κ2) is 8.82. The Morgan fingerprint density at radius 3 is 2.50 bits per heavy atom. The number of fused-ring (bicyclic) bond motifs is 1. The molecular weight excluding hydrogens is 410 g/mol. The van der Waals surface area contributed by atoms with Gasteiger partial charge in [-0.2, -0.15) is 4.98 Å². The number of hydrogen-bond donors (Lipinski definition) is 2. The fourth-order valence-corrected chi connectivity index (χ4v) is 4.34. The van der Waals surface area contributed by atoms with Gasteiger partial charge in [-0.25, -0.2) is 4.79 Å². The normalized spacial score (nSPS) is 18.6. The molecule has 0 saturated heterocycles. The first kappa shape index (κ1) is 22.1. The molecule has 1 fully saturated rings. The monoisotopic (exact) mass is 441 g/mol. The minimum Gasteiger partial charge on any atom is -0.497 e. The van der Waals surface area contributed by atoms with Gasteiger partial charge < -0.3 is 15.2 Å². The van der Waals surface area contributed by atoms with Gasteiger partial charge in [0, 0.05) is 13.6 Å². The lowest BCUT2D eigenvalue weighted by atomic mass is 10.2. The van der Waals surface area contributed by atoms with Crippen LogP contribution in [0, 0.1) is 5.92 Å². The summed E-state index contributed by atoms with van der Waals surface area (Å²) in [7, 11) is 3.12. The summed E-state index contributed by atoms with van der Waals surface area (Å²) < 4.78 is 9.78. The second-order valence-corrected chi connectivity index (χ2v) is 8.94. The topological polar surface area (TPSA) is 103 Å². The number of methoxy groups -OCH3 is 1. The van der Waals surface area contributed by atoms with E-state index in [4.69, 9.17) is 9.72 Å². The molecule has 1 aliphatic carbocycles. The molecule has 0 radical (unpaired) electrons. The van der Waals surface area contributed by atoms with Crippen molar-refractivity contribution >= 4 is 17.1 Å². The minimum absolute atomic E-state index is 0.143. The SMILES string of the molecule is COc1ccc(Cn2c(N[C@@H]3CCCC3O)nc3c2c(=O)n(C)c(=O)n3CC(C)C)cc1. The van der Waals surface area contributed by atoms with Crippen molar-refractivity contribution in [2.45, 2.75) is 58.3 Å². The number of aromatic nitrogens is 4. The summed E-state index contributed by atoms with van der Waals surface area (Å²) in [5, 5.41) is 13.7. The maximum atomic E-state index is 13.2. The standard InChI is InChI=1S/C23H31N5O4/c1-14(2)12-28-20-19(21(30)26(3)23(28)31)27(13-15-8-10-16(32-4)11-9-15)22(25-20)24-17-6-5-7-18(17)29/h8-11,14,17-18,29H,5-7,12-13H2,1-4H3,(H,24,25)/t17-,18?/m1/s1. The highest BCUT2D eigenvalue weighted by Gasteiger charge is 2.28. The van der Waals surface area contributed by atoms with Gasteiger partial charge in [0.1, 0.15) is 5.75 Å². The number of hydrogen-bond acceptors (Lipinski definition) is 6. The number of nitrogens with zero attached hydrogens (tertiary/aromatic N) is 4. The van der Waals surface area contributed by atoms with Crippen LogP contribution in [-0.4, -0.2) is 43.0 Å². The van der Waals surface area contributed by atoms with Gasteiger partial charge in [0.2, 0.25) is 5.95 Å². The molecule has 172 valence electrons. The summed E-state index contributed by atoms with van der Waals surface area (Å²) in [5.74, 6) is 1.44. The lowest BCUT2D eigenvalue weighted by Crippen LogP contribution is -2.39. The first-order valence-electron chi connectivity index (χ1n) is 11.1. The number of anilines is 1. The van der Waals surface area contributed by atoms with Crippen LogP contribution in [0.2, 0.25) is 0 Å². The van der Waals surface area contributed by atoms with Crippen LogP contribution in [0.1, 0.15) is 38.7 Å². The molecule has 2 aromatic heterocycles. The van der Waals surface area contributed by atoms with Crippen LogP contribution in [-0.2, 0) is 20.1 Å². The van der Waals surface area contributed by atoms with Gasteiger partial charge in [0.05, 0.1) is 25.8 Å². The second-order valence-electron chi connectivity index (χ2n) is 8.94. The van der Waals surface area contributed by atoms with E-state index in [2.05, 4.69) is 5.32 Å². The maximum absolute atomic E-state index is 13.2. The number of benzene rings is 1. The molecule has 9 nitrogen and oxygen atoms in total. The minimum atomic E-state index is -0.468. The molecule has 1 saturated carbocycles.